The molecular weight excluding hydrogens is 364 g/mol. The summed E-state index contributed by atoms with van der Waals surface area (Å²) in [5.74, 6) is -1.33. The van der Waals surface area contributed by atoms with Crippen molar-refractivity contribution < 1.29 is 23.0 Å². The summed E-state index contributed by atoms with van der Waals surface area (Å²) in [6, 6.07) is 7.08. The number of ether oxygens (including phenoxy) is 2. The van der Waals surface area contributed by atoms with E-state index < -0.39 is 23.1 Å². The average molecular weight is 380 g/mol. The van der Waals surface area contributed by atoms with E-state index in [1.165, 1.54) is 4.90 Å². The van der Waals surface area contributed by atoms with Crippen LogP contribution >= 0.6 is 11.6 Å². The smallest absolute Gasteiger partial charge is 0.254 e. The summed E-state index contributed by atoms with van der Waals surface area (Å²) < 4.78 is 39.9. The van der Waals surface area contributed by atoms with Crippen LogP contribution in [0, 0.1) is 11.6 Å². The first-order valence-electron chi connectivity index (χ1n) is 8.33. The van der Waals surface area contributed by atoms with Gasteiger partial charge < -0.3 is 14.4 Å². The van der Waals surface area contributed by atoms with Gasteiger partial charge in [0, 0.05) is 25.1 Å². The van der Waals surface area contributed by atoms with E-state index in [9.17, 15) is 13.6 Å². The Bertz CT molecular complexity index is 845. The van der Waals surface area contributed by atoms with Gasteiger partial charge in [0.25, 0.3) is 5.91 Å². The van der Waals surface area contributed by atoms with Crippen molar-refractivity contribution in [2.45, 2.75) is 12.0 Å². The van der Waals surface area contributed by atoms with E-state index in [1.54, 1.807) is 18.2 Å². The Morgan fingerprint density at radius 2 is 1.81 bits per heavy atom. The SMILES string of the molecule is O=C(c1cc(F)c(-c2ccc3c(c2)CC(Cl)O3)c(F)c1)N1CCOCC1. The topological polar surface area (TPSA) is 38.8 Å². The number of nitrogens with zero attached hydrogens (tertiary/aromatic N) is 1. The molecule has 2 aliphatic rings. The van der Waals surface area contributed by atoms with Gasteiger partial charge in [-0.15, -0.1) is 0 Å². The first-order valence-corrected chi connectivity index (χ1v) is 8.76. The first kappa shape index (κ1) is 17.2. The zero-order valence-electron chi connectivity index (χ0n) is 13.8. The van der Waals surface area contributed by atoms with Crippen molar-refractivity contribution in [1.29, 1.82) is 0 Å². The molecular formula is C19H16ClF2NO3. The molecule has 1 saturated heterocycles. The summed E-state index contributed by atoms with van der Waals surface area (Å²) >= 11 is 5.95. The Hall–Kier alpha value is -2.18. The fourth-order valence-corrected chi connectivity index (χ4v) is 3.55. The number of hydrogen-bond donors (Lipinski definition) is 0. The van der Waals surface area contributed by atoms with Crippen molar-refractivity contribution in [1.82, 2.24) is 4.90 Å². The second kappa shape index (κ2) is 6.85. The lowest BCUT2D eigenvalue weighted by Crippen LogP contribution is -2.40. The van der Waals surface area contributed by atoms with Crippen LogP contribution in [0.1, 0.15) is 15.9 Å². The molecule has 1 unspecified atom stereocenters. The van der Waals surface area contributed by atoms with Gasteiger partial charge in [-0.25, -0.2) is 8.78 Å². The van der Waals surface area contributed by atoms with Crippen molar-refractivity contribution in [3.8, 4) is 16.9 Å². The standard InChI is InChI=1S/C19H16ClF2NO3/c20-17-10-12-7-11(1-2-16(12)26-17)18-14(21)8-13(9-15(18)22)19(24)23-3-5-25-6-4-23/h1-2,7-9,17H,3-6,10H2. The lowest BCUT2D eigenvalue weighted by molar-refractivity contribution is 0.0302. The number of benzene rings is 2. The molecule has 0 bridgehead atoms. The fraction of sp³-hybridized carbons (Fsp3) is 0.316. The Morgan fingerprint density at radius 3 is 2.50 bits per heavy atom. The van der Waals surface area contributed by atoms with Gasteiger partial charge in [0.05, 0.1) is 18.8 Å². The van der Waals surface area contributed by atoms with E-state index in [0.717, 1.165) is 17.7 Å². The molecule has 2 aromatic carbocycles. The van der Waals surface area contributed by atoms with Crippen LogP contribution in [0.4, 0.5) is 8.78 Å². The lowest BCUT2D eigenvalue weighted by Gasteiger charge is -2.27. The van der Waals surface area contributed by atoms with E-state index in [-0.39, 0.29) is 11.1 Å². The Kier molecular flexibility index (Phi) is 4.54. The molecule has 0 radical (unpaired) electrons. The Balaban J connectivity index is 1.66. The maximum Gasteiger partial charge on any atom is 0.254 e. The van der Waals surface area contributed by atoms with Crippen LogP contribution in [-0.4, -0.2) is 42.7 Å². The molecule has 0 saturated carbocycles. The van der Waals surface area contributed by atoms with Crippen LogP contribution in [0.3, 0.4) is 0 Å². The number of amides is 1. The van der Waals surface area contributed by atoms with Crippen molar-refractivity contribution in [3.05, 3.63) is 53.1 Å². The third kappa shape index (κ3) is 3.15. The molecule has 1 fully saturated rings. The van der Waals surface area contributed by atoms with Gasteiger partial charge in [-0.3, -0.25) is 4.79 Å². The summed E-state index contributed by atoms with van der Waals surface area (Å²) in [7, 11) is 0. The van der Waals surface area contributed by atoms with Crippen LogP contribution in [0.15, 0.2) is 30.3 Å². The van der Waals surface area contributed by atoms with Crippen molar-refractivity contribution in [3.63, 3.8) is 0 Å². The van der Waals surface area contributed by atoms with Gasteiger partial charge in [0.15, 0.2) is 5.56 Å². The molecule has 2 aliphatic heterocycles. The third-order valence-corrected chi connectivity index (χ3v) is 4.82. The zero-order valence-corrected chi connectivity index (χ0v) is 14.6. The number of hydrogen-bond acceptors (Lipinski definition) is 3. The Morgan fingerprint density at radius 1 is 1.12 bits per heavy atom. The monoisotopic (exact) mass is 379 g/mol. The maximum atomic E-state index is 14.7. The summed E-state index contributed by atoms with van der Waals surface area (Å²) in [5, 5.41) is 0. The molecule has 4 rings (SSSR count). The van der Waals surface area contributed by atoms with Crippen LogP contribution in [0.25, 0.3) is 11.1 Å². The molecule has 7 heteroatoms. The molecule has 0 aliphatic carbocycles. The molecule has 1 amide bonds. The lowest BCUT2D eigenvalue weighted by atomic mass is 9.99. The highest BCUT2D eigenvalue weighted by Crippen LogP contribution is 2.36. The number of carbonyl (C=O) groups excluding carboxylic acids is 1. The number of rotatable bonds is 2. The van der Waals surface area contributed by atoms with Crippen LogP contribution in [-0.2, 0) is 11.2 Å². The number of halogens is 3. The van der Waals surface area contributed by atoms with E-state index in [2.05, 4.69) is 0 Å². The molecule has 2 heterocycles. The third-order valence-electron chi connectivity index (χ3n) is 4.57. The predicted octanol–water partition coefficient (Wildman–Crippen LogP) is 3.60. The second-order valence-corrected chi connectivity index (χ2v) is 6.76. The molecule has 4 nitrogen and oxygen atoms in total. The highest BCUT2D eigenvalue weighted by atomic mass is 35.5. The summed E-state index contributed by atoms with van der Waals surface area (Å²) in [4.78, 5) is 14.0. The molecule has 136 valence electrons. The second-order valence-electron chi connectivity index (χ2n) is 6.27. The molecule has 1 atom stereocenters. The van der Waals surface area contributed by atoms with Crippen molar-refractivity contribution >= 4 is 17.5 Å². The molecule has 0 spiro atoms. The number of alkyl halides is 1. The minimum absolute atomic E-state index is 0.00374. The normalized spacial score (nSPS) is 19.2. The quantitative estimate of drug-likeness (QED) is 0.748. The maximum absolute atomic E-state index is 14.7. The van der Waals surface area contributed by atoms with Gasteiger partial charge in [0.2, 0.25) is 0 Å². The minimum Gasteiger partial charge on any atom is -0.474 e. The highest BCUT2D eigenvalue weighted by Gasteiger charge is 2.24. The van der Waals surface area contributed by atoms with E-state index in [1.807, 2.05) is 0 Å². The summed E-state index contributed by atoms with van der Waals surface area (Å²) in [6.45, 7) is 1.67. The summed E-state index contributed by atoms with van der Waals surface area (Å²) in [6.07, 6.45) is 0.474. The van der Waals surface area contributed by atoms with E-state index in [0.29, 0.717) is 44.0 Å². The molecule has 2 aromatic rings. The minimum atomic E-state index is -0.775. The predicted molar refractivity (Wildman–Crippen MR) is 92.5 cm³/mol. The first-order chi connectivity index (χ1) is 12.5. The van der Waals surface area contributed by atoms with Crippen LogP contribution in [0.5, 0.6) is 5.75 Å². The molecule has 26 heavy (non-hydrogen) atoms. The largest absolute Gasteiger partial charge is 0.474 e. The van der Waals surface area contributed by atoms with Crippen molar-refractivity contribution in [2.75, 3.05) is 26.3 Å². The zero-order chi connectivity index (χ0) is 18.3. The highest BCUT2D eigenvalue weighted by molar-refractivity contribution is 6.20. The van der Waals surface area contributed by atoms with Crippen LogP contribution < -0.4 is 4.74 Å². The van der Waals surface area contributed by atoms with Gasteiger partial charge in [-0.05, 0) is 35.4 Å². The van der Waals surface area contributed by atoms with E-state index in [4.69, 9.17) is 21.1 Å². The summed E-state index contributed by atoms with van der Waals surface area (Å²) in [5.41, 5.74) is 0.553. The number of fused-ring (bicyclic) bond motifs is 1. The van der Waals surface area contributed by atoms with Crippen LogP contribution in [0.2, 0.25) is 0 Å². The number of carbonyl (C=O) groups is 1. The van der Waals surface area contributed by atoms with E-state index >= 15 is 0 Å². The molecule has 0 N–H and O–H groups in total. The Labute approximate surface area is 154 Å². The van der Waals surface area contributed by atoms with Gasteiger partial charge in [-0.2, -0.15) is 0 Å². The molecule has 0 aromatic heterocycles. The van der Waals surface area contributed by atoms with Gasteiger partial charge >= 0.3 is 0 Å². The fourth-order valence-electron chi connectivity index (χ4n) is 3.28. The number of morpholine rings is 1. The van der Waals surface area contributed by atoms with Crippen molar-refractivity contribution in [2.24, 2.45) is 0 Å². The van der Waals surface area contributed by atoms with Gasteiger partial charge in [-0.1, -0.05) is 17.7 Å². The average Bonchev–Trinajstić information content (AvgIpc) is 3.00. The van der Waals surface area contributed by atoms with Gasteiger partial charge in [0.1, 0.15) is 17.4 Å².